The van der Waals surface area contributed by atoms with E-state index in [0.717, 1.165) is 12.0 Å². The van der Waals surface area contributed by atoms with Crippen LogP contribution in [-0.2, 0) is 6.42 Å². The van der Waals surface area contributed by atoms with Gasteiger partial charge in [-0.25, -0.2) is 4.98 Å². The minimum Gasteiger partial charge on any atom is -0.227 e. The third kappa shape index (κ3) is 1.45. The number of hydrogen-bond donors (Lipinski definition) is 0. The summed E-state index contributed by atoms with van der Waals surface area (Å²) in [5.74, 6) is -0.598. The minimum absolute atomic E-state index is 0.0966. The molecule has 0 unspecified atom stereocenters. The second kappa shape index (κ2) is 2.97. The topological polar surface area (TPSA) is 12.9 Å². The van der Waals surface area contributed by atoms with E-state index in [9.17, 15) is 4.39 Å². The average Bonchev–Trinajstić information content (AvgIpc) is 1.95. The molecule has 0 bridgehead atoms. The largest absolute Gasteiger partial charge is 0.231 e. The summed E-state index contributed by atoms with van der Waals surface area (Å²) < 4.78 is 12.4. The predicted molar refractivity (Wildman–Crippen MR) is 38.6 cm³/mol. The van der Waals surface area contributed by atoms with Crippen LogP contribution in [-0.4, -0.2) is 4.98 Å². The Hall–Kier alpha value is -0.630. The Morgan fingerprint density at radius 1 is 1.70 bits per heavy atom. The SMILES string of the molecule is CCc1cnc(F)c(Cl)c1. The third-order valence-electron chi connectivity index (χ3n) is 1.26. The molecule has 0 aliphatic heterocycles. The molecule has 0 fully saturated rings. The lowest BCUT2D eigenvalue weighted by molar-refractivity contribution is 0.583. The molecule has 0 atom stereocenters. The standard InChI is InChI=1S/C7H7ClFN/c1-2-5-3-6(8)7(9)10-4-5/h3-4H,2H2,1H3. The van der Waals surface area contributed by atoms with Crippen LogP contribution in [0.4, 0.5) is 4.39 Å². The van der Waals surface area contributed by atoms with Crippen LogP contribution >= 0.6 is 11.6 Å². The van der Waals surface area contributed by atoms with Crippen LogP contribution in [0, 0.1) is 5.95 Å². The van der Waals surface area contributed by atoms with Gasteiger partial charge in [0.15, 0.2) is 0 Å². The summed E-state index contributed by atoms with van der Waals surface area (Å²) in [6.07, 6.45) is 2.31. The first kappa shape index (κ1) is 7.48. The quantitative estimate of drug-likeness (QED) is 0.574. The summed E-state index contributed by atoms with van der Waals surface area (Å²) >= 11 is 5.46. The first-order valence-electron chi connectivity index (χ1n) is 3.04. The highest BCUT2D eigenvalue weighted by atomic mass is 35.5. The second-order valence-corrected chi connectivity index (χ2v) is 2.38. The average molecular weight is 160 g/mol. The van der Waals surface area contributed by atoms with Gasteiger partial charge >= 0.3 is 0 Å². The molecule has 0 aliphatic rings. The highest BCUT2D eigenvalue weighted by Gasteiger charge is 1.99. The fourth-order valence-electron chi connectivity index (χ4n) is 0.654. The first-order valence-corrected chi connectivity index (χ1v) is 3.41. The van der Waals surface area contributed by atoms with Crippen molar-refractivity contribution in [2.24, 2.45) is 0 Å². The Bertz CT molecular complexity index is 237. The van der Waals surface area contributed by atoms with Crippen molar-refractivity contribution >= 4 is 11.6 Å². The third-order valence-corrected chi connectivity index (χ3v) is 1.53. The van der Waals surface area contributed by atoms with Crippen LogP contribution in [0.25, 0.3) is 0 Å². The van der Waals surface area contributed by atoms with Gasteiger partial charge in [-0.05, 0) is 18.1 Å². The lowest BCUT2D eigenvalue weighted by Gasteiger charge is -1.95. The molecule has 0 spiro atoms. The summed E-state index contributed by atoms with van der Waals surface area (Å²) in [7, 11) is 0. The number of pyridine rings is 1. The smallest absolute Gasteiger partial charge is 0.227 e. The zero-order chi connectivity index (χ0) is 7.56. The van der Waals surface area contributed by atoms with Gasteiger partial charge in [0.05, 0.1) is 5.02 Å². The normalized spacial score (nSPS) is 9.90. The van der Waals surface area contributed by atoms with Gasteiger partial charge in [0.25, 0.3) is 0 Å². The highest BCUT2D eigenvalue weighted by molar-refractivity contribution is 6.30. The monoisotopic (exact) mass is 159 g/mol. The summed E-state index contributed by atoms with van der Waals surface area (Å²) in [5.41, 5.74) is 0.950. The van der Waals surface area contributed by atoms with Gasteiger partial charge in [0.2, 0.25) is 5.95 Å². The predicted octanol–water partition coefficient (Wildman–Crippen LogP) is 2.44. The molecule has 0 saturated heterocycles. The molecule has 54 valence electrons. The molecular weight excluding hydrogens is 153 g/mol. The van der Waals surface area contributed by atoms with Gasteiger partial charge in [-0.1, -0.05) is 18.5 Å². The van der Waals surface area contributed by atoms with Crippen molar-refractivity contribution in [3.05, 3.63) is 28.8 Å². The first-order chi connectivity index (χ1) is 4.74. The zero-order valence-corrected chi connectivity index (χ0v) is 6.32. The molecule has 10 heavy (non-hydrogen) atoms. The van der Waals surface area contributed by atoms with E-state index in [1.165, 1.54) is 6.20 Å². The summed E-state index contributed by atoms with van der Waals surface area (Å²) in [4.78, 5) is 3.45. The maximum atomic E-state index is 12.4. The van der Waals surface area contributed by atoms with Gasteiger partial charge in [0, 0.05) is 6.20 Å². The van der Waals surface area contributed by atoms with Gasteiger partial charge in [-0.3, -0.25) is 0 Å². The van der Waals surface area contributed by atoms with E-state index in [1.807, 2.05) is 6.92 Å². The van der Waals surface area contributed by atoms with E-state index >= 15 is 0 Å². The molecule has 0 N–H and O–H groups in total. The van der Waals surface area contributed by atoms with Crippen LogP contribution in [0.1, 0.15) is 12.5 Å². The van der Waals surface area contributed by atoms with Crippen molar-refractivity contribution in [2.45, 2.75) is 13.3 Å². The summed E-state index contributed by atoms with van der Waals surface area (Å²) in [6.45, 7) is 1.96. The number of aromatic nitrogens is 1. The molecule has 0 aromatic carbocycles. The number of aryl methyl sites for hydroxylation is 1. The lowest BCUT2D eigenvalue weighted by atomic mass is 10.2. The van der Waals surface area contributed by atoms with Gasteiger partial charge in [-0.15, -0.1) is 0 Å². The van der Waals surface area contributed by atoms with Crippen molar-refractivity contribution in [3.8, 4) is 0 Å². The molecule has 0 amide bonds. The molecular formula is C7H7ClFN. The van der Waals surface area contributed by atoms with Crippen molar-refractivity contribution in [3.63, 3.8) is 0 Å². The number of nitrogens with zero attached hydrogens (tertiary/aromatic N) is 1. The van der Waals surface area contributed by atoms with E-state index in [-0.39, 0.29) is 5.02 Å². The van der Waals surface area contributed by atoms with E-state index in [0.29, 0.717) is 0 Å². The summed E-state index contributed by atoms with van der Waals surface area (Å²) in [6, 6.07) is 1.59. The Labute approximate surface area is 63.8 Å². The molecule has 0 saturated carbocycles. The van der Waals surface area contributed by atoms with Crippen molar-refractivity contribution in [1.82, 2.24) is 4.98 Å². The minimum atomic E-state index is -0.598. The van der Waals surface area contributed by atoms with E-state index in [4.69, 9.17) is 11.6 Å². The highest BCUT2D eigenvalue weighted by Crippen LogP contribution is 2.13. The molecule has 0 aliphatic carbocycles. The number of hydrogen-bond acceptors (Lipinski definition) is 1. The van der Waals surface area contributed by atoms with E-state index in [2.05, 4.69) is 4.98 Å². The Morgan fingerprint density at radius 2 is 2.40 bits per heavy atom. The number of rotatable bonds is 1. The Morgan fingerprint density at radius 3 is 2.90 bits per heavy atom. The van der Waals surface area contributed by atoms with Crippen LogP contribution in [0.5, 0.6) is 0 Å². The zero-order valence-electron chi connectivity index (χ0n) is 5.56. The molecule has 0 radical (unpaired) electrons. The molecule has 1 nitrogen and oxygen atoms in total. The fraction of sp³-hybridized carbons (Fsp3) is 0.286. The molecule has 1 rings (SSSR count). The van der Waals surface area contributed by atoms with E-state index < -0.39 is 5.95 Å². The van der Waals surface area contributed by atoms with Crippen molar-refractivity contribution in [1.29, 1.82) is 0 Å². The molecule has 3 heteroatoms. The van der Waals surface area contributed by atoms with Crippen molar-refractivity contribution < 1.29 is 4.39 Å². The second-order valence-electron chi connectivity index (χ2n) is 1.97. The van der Waals surface area contributed by atoms with Crippen LogP contribution in [0.2, 0.25) is 5.02 Å². The molecule has 1 aromatic rings. The molecule has 1 heterocycles. The van der Waals surface area contributed by atoms with Gasteiger partial charge in [0.1, 0.15) is 0 Å². The lowest BCUT2D eigenvalue weighted by Crippen LogP contribution is -1.87. The fourth-order valence-corrected chi connectivity index (χ4v) is 0.843. The maximum absolute atomic E-state index is 12.4. The summed E-state index contributed by atoms with van der Waals surface area (Å²) in [5, 5.41) is 0.0966. The van der Waals surface area contributed by atoms with Crippen LogP contribution < -0.4 is 0 Å². The van der Waals surface area contributed by atoms with Crippen LogP contribution in [0.15, 0.2) is 12.3 Å². The van der Waals surface area contributed by atoms with Crippen molar-refractivity contribution in [2.75, 3.05) is 0 Å². The maximum Gasteiger partial charge on any atom is 0.231 e. The van der Waals surface area contributed by atoms with E-state index in [1.54, 1.807) is 6.07 Å². The molecule has 1 aromatic heterocycles. The Balaban J connectivity index is 3.04. The van der Waals surface area contributed by atoms with Gasteiger partial charge < -0.3 is 0 Å². The number of halogens is 2. The van der Waals surface area contributed by atoms with Gasteiger partial charge in [-0.2, -0.15) is 4.39 Å². The Kier molecular flexibility index (Phi) is 2.22. The van der Waals surface area contributed by atoms with Crippen LogP contribution in [0.3, 0.4) is 0 Å².